The Bertz CT molecular complexity index is 647. The zero-order valence-corrected chi connectivity index (χ0v) is 22.3. The third kappa shape index (κ3) is 8.81. The summed E-state index contributed by atoms with van der Waals surface area (Å²) >= 11 is 0. The van der Waals surface area contributed by atoms with Crippen molar-refractivity contribution < 1.29 is 19.1 Å². The average molecular weight is 493 g/mol. The second-order valence-corrected chi connectivity index (χ2v) is 12.0. The highest BCUT2D eigenvalue weighted by Crippen LogP contribution is 2.35. The molecule has 0 aromatic heterocycles. The van der Waals surface area contributed by atoms with E-state index in [-0.39, 0.29) is 36.5 Å². The van der Waals surface area contributed by atoms with E-state index in [1.165, 1.54) is 32.1 Å². The summed E-state index contributed by atoms with van der Waals surface area (Å²) < 4.78 is 11.1. The van der Waals surface area contributed by atoms with Crippen molar-refractivity contribution in [2.75, 3.05) is 26.2 Å². The highest BCUT2D eigenvalue weighted by atomic mass is 16.6. The van der Waals surface area contributed by atoms with Crippen molar-refractivity contribution >= 4 is 12.2 Å². The number of amides is 2. The lowest BCUT2D eigenvalue weighted by Crippen LogP contribution is -2.41. The summed E-state index contributed by atoms with van der Waals surface area (Å²) in [5.41, 5.74) is 0. The number of carbonyl (C=O) groups excluding carboxylic acids is 2. The number of nitrogens with zero attached hydrogens (tertiary/aromatic N) is 2. The number of rotatable bonds is 10. The van der Waals surface area contributed by atoms with Crippen LogP contribution in [-0.2, 0) is 9.47 Å². The fourth-order valence-corrected chi connectivity index (χ4v) is 6.15. The second-order valence-electron chi connectivity index (χ2n) is 12.0. The van der Waals surface area contributed by atoms with Crippen LogP contribution in [0.25, 0.3) is 0 Å². The van der Waals surface area contributed by atoms with Crippen LogP contribution in [-0.4, -0.2) is 84.5 Å². The number of hydrogen-bond donors (Lipinski definition) is 2. The molecule has 4 fully saturated rings. The van der Waals surface area contributed by atoms with E-state index in [4.69, 9.17) is 9.47 Å². The summed E-state index contributed by atoms with van der Waals surface area (Å²) in [7, 11) is 0. The number of ether oxygens (including phenoxy) is 2. The summed E-state index contributed by atoms with van der Waals surface area (Å²) in [6.45, 7) is 12.2. The van der Waals surface area contributed by atoms with E-state index >= 15 is 0 Å². The maximum absolute atomic E-state index is 12.2. The van der Waals surface area contributed by atoms with Gasteiger partial charge >= 0.3 is 12.2 Å². The first-order chi connectivity index (χ1) is 16.7. The molecular formula is C27H48N4O4. The van der Waals surface area contributed by atoms with Crippen molar-refractivity contribution in [1.29, 1.82) is 0 Å². The maximum atomic E-state index is 12.2. The van der Waals surface area contributed by atoms with Gasteiger partial charge in [0.15, 0.2) is 0 Å². The zero-order valence-electron chi connectivity index (χ0n) is 22.3. The largest absolute Gasteiger partial charge is 0.445 e. The van der Waals surface area contributed by atoms with Crippen LogP contribution in [0, 0.1) is 11.8 Å². The minimum Gasteiger partial charge on any atom is -0.445 e. The molecule has 0 radical (unpaired) electrons. The van der Waals surface area contributed by atoms with Gasteiger partial charge in [-0.1, -0.05) is 0 Å². The molecular weight excluding hydrogens is 444 g/mol. The topological polar surface area (TPSA) is 82.7 Å². The molecule has 2 amide bonds. The standard InChI is InChI=1S/C27H48N4O4/c1-18-14-30(18)16-20(3)34-26(32)28-24-9-5-22(6-10-24)13-23-7-11-25(12-8-23)29-27(33)35-21(4)17-31-15-19(31)2/h18-25H,5-17H2,1-4H3,(H,28,32)(H,29,33). The third-order valence-corrected chi connectivity index (χ3v) is 8.58. The van der Waals surface area contributed by atoms with Crippen LogP contribution in [0.3, 0.4) is 0 Å². The predicted molar refractivity (Wildman–Crippen MR) is 136 cm³/mol. The molecule has 35 heavy (non-hydrogen) atoms. The molecule has 0 spiro atoms. The second kappa shape index (κ2) is 12.1. The normalized spacial score (nSPS) is 38.1. The molecule has 2 aliphatic heterocycles. The van der Waals surface area contributed by atoms with Crippen molar-refractivity contribution in [1.82, 2.24) is 20.4 Å². The molecule has 2 N–H and O–H groups in total. The number of nitrogens with one attached hydrogen (secondary N) is 2. The van der Waals surface area contributed by atoms with E-state index in [1.54, 1.807) is 0 Å². The molecule has 2 aliphatic carbocycles. The van der Waals surface area contributed by atoms with Gasteiger partial charge in [0.1, 0.15) is 12.2 Å². The Labute approximate surface area is 211 Å². The molecule has 0 bridgehead atoms. The number of alkyl carbamates (subject to hydrolysis) is 2. The lowest BCUT2D eigenvalue weighted by molar-refractivity contribution is 0.0903. The predicted octanol–water partition coefficient (Wildman–Crippen LogP) is 4.13. The molecule has 6 atom stereocenters. The summed E-state index contributed by atoms with van der Waals surface area (Å²) in [5, 5.41) is 6.20. The van der Waals surface area contributed by atoms with Gasteiger partial charge in [-0.15, -0.1) is 0 Å². The lowest BCUT2D eigenvalue weighted by Gasteiger charge is -2.34. The quantitative estimate of drug-likeness (QED) is 0.446. The van der Waals surface area contributed by atoms with Crippen molar-refractivity contribution in [3.63, 3.8) is 0 Å². The molecule has 8 heteroatoms. The first kappa shape index (κ1) is 26.5. The Balaban J connectivity index is 1.04. The Morgan fingerprint density at radius 3 is 1.37 bits per heavy atom. The van der Waals surface area contributed by atoms with Crippen LogP contribution in [0.2, 0.25) is 0 Å². The fourth-order valence-electron chi connectivity index (χ4n) is 6.15. The van der Waals surface area contributed by atoms with Crippen molar-refractivity contribution in [2.24, 2.45) is 11.8 Å². The van der Waals surface area contributed by atoms with Crippen molar-refractivity contribution in [3.05, 3.63) is 0 Å². The van der Waals surface area contributed by atoms with Crippen LogP contribution in [0.4, 0.5) is 9.59 Å². The Morgan fingerprint density at radius 2 is 1.06 bits per heavy atom. The van der Waals surface area contributed by atoms with Gasteiger partial charge in [0.2, 0.25) is 0 Å². The minimum absolute atomic E-state index is 0.0595. The van der Waals surface area contributed by atoms with Crippen LogP contribution in [0.15, 0.2) is 0 Å². The summed E-state index contributed by atoms with van der Waals surface area (Å²) in [4.78, 5) is 29.1. The van der Waals surface area contributed by atoms with Gasteiger partial charge in [0.05, 0.1) is 0 Å². The van der Waals surface area contributed by atoms with E-state index < -0.39 is 0 Å². The smallest absolute Gasteiger partial charge is 0.407 e. The van der Waals surface area contributed by atoms with Crippen molar-refractivity contribution in [3.8, 4) is 0 Å². The molecule has 2 saturated carbocycles. The van der Waals surface area contributed by atoms with Gasteiger partial charge in [-0.05, 0) is 97.3 Å². The van der Waals surface area contributed by atoms with E-state index in [0.717, 1.165) is 63.7 Å². The Hall–Kier alpha value is -1.54. The highest BCUT2D eigenvalue weighted by molar-refractivity contribution is 5.68. The van der Waals surface area contributed by atoms with E-state index in [1.807, 2.05) is 13.8 Å². The first-order valence-electron chi connectivity index (χ1n) is 14.2. The lowest BCUT2D eigenvalue weighted by atomic mass is 9.76. The highest BCUT2D eigenvalue weighted by Gasteiger charge is 2.33. The molecule has 2 heterocycles. The molecule has 200 valence electrons. The van der Waals surface area contributed by atoms with E-state index in [9.17, 15) is 9.59 Å². The monoisotopic (exact) mass is 492 g/mol. The van der Waals surface area contributed by atoms with Crippen LogP contribution >= 0.6 is 0 Å². The molecule has 0 aromatic rings. The van der Waals surface area contributed by atoms with E-state index in [2.05, 4.69) is 34.3 Å². The SMILES string of the molecule is CC(CN1CC1C)OC(=O)NC1CCC(CC2CCC(NC(=O)OC(C)CN3CC3C)CC2)CC1. The van der Waals surface area contributed by atoms with Gasteiger partial charge in [-0.3, -0.25) is 9.80 Å². The van der Waals surface area contributed by atoms with Crippen LogP contribution in [0.5, 0.6) is 0 Å². The van der Waals surface area contributed by atoms with Crippen molar-refractivity contribution in [2.45, 2.75) is 122 Å². The summed E-state index contributed by atoms with van der Waals surface area (Å²) in [6.07, 6.45) is 9.59. The maximum Gasteiger partial charge on any atom is 0.407 e. The average Bonchev–Trinajstić information content (AvgIpc) is 3.69. The Morgan fingerprint density at radius 1 is 0.714 bits per heavy atom. The first-order valence-corrected chi connectivity index (χ1v) is 14.2. The molecule has 0 aromatic carbocycles. The van der Waals surface area contributed by atoms with Crippen LogP contribution < -0.4 is 10.6 Å². The van der Waals surface area contributed by atoms with Gasteiger partial charge in [-0.25, -0.2) is 9.59 Å². The van der Waals surface area contributed by atoms with Gasteiger partial charge in [0.25, 0.3) is 0 Å². The number of hydrogen-bond acceptors (Lipinski definition) is 6. The van der Waals surface area contributed by atoms with Gasteiger partial charge in [-0.2, -0.15) is 0 Å². The number of carbonyl (C=O) groups is 2. The molecule has 6 unspecified atom stereocenters. The molecule has 2 saturated heterocycles. The Kier molecular flexibility index (Phi) is 9.19. The summed E-state index contributed by atoms with van der Waals surface area (Å²) in [6, 6.07) is 1.77. The summed E-state index contributed by atoms with van der Waals surface area (Å²) in [5.74, 6) is 1.51. The molecule has 4 rings (SSSR count). The minimum atomic E-state index is -0.256. The molecule has 4 aliphatic rings. The molecule has 8 nitrogen and oxygen atoms in total. The fraction of sp³-hybridized carbons (Fsp3) is 0.926. The third-order valence-electron chi connectivity index (χ3n) is 8.58. The van der Waals surface area contributed by atoms with Gasteiger partial charge < -0.3 is 20.1 Å². The van der Waals surface area contributed by atoms with Crippen LogP contribution in [0.1, 0.15) is 85.5 Å². The van der Waals surface area contributed by atoms with Gasteiger partial charge in [0, 0.05) is 50.3 Å². The zero-order chi connectivity index (χ0) is 24.9. The van der Waals surface area contributed by atoms with E-state index in [0.29, 0.717) is 12.1 Å².